The lowest BCUT2D eigenvalue weighted by Crippen LogP contribution is -2.39. The molecule has 0 rings (SSSR count). The Bertz CT molecular complexity index is 172. The van der Waals surface area contributed by atoms with Gasteiger partial charge in [-0.05, 0) is 6.42 Å². The van der Waals surface area contributed by atoms with Crippen molar-refractivity contribution in [2.75, 3.05) is 40.5 Å². The fraction of sp³-hybridized carbons (Fsp3) is 0.909. The SMILES string of the molecule is CCC(CC#N)N(CCOC)CCOC. The van der Waals surface area contributed by atoms with Crippen LogP contribution in [0.3, 0.4) is 0 Å². The summed E-state index contributed by atoms with van der Waals surface area (Å²) in [5.41, 5.74) is 0. The third kappa shape index (κ3) is 6.45. The largest absolute Gasteiger partial charge is 0.383 e. The summed E-state index contributed by atoms with van der Waals surface area (Å²) in [5, 5.41) is 8.73. The predicted molar refractivity (Wildman–Crippen MR) is 59.6 cm³/mol. The van der Waals surface area contributed by atoms with Crippen LogP contribution in [0.4, 0.5) is 0 Å². The molecule has 0 aliphatic carbocycles. The first-order chi connectivity index (χ1) is 7.29. The van der Waals surface area contributed by atoms with Crippen molar-refractivity contribution in [3.05, 3.63) is 0 Å². The van der Waals surface area contributed by atoms with Crippen molar-refractivity contribution in [3.63, 3.8) is 0 Å². The maximum Gasteiger partial charge on any atom is 0.0638 e. The highest BCUT2D eigenvalue weighted by Crippen LogP contribution is 2.07. The number of rotatable bonds is 9. The second-order valence-corrected chi connectivity index (χ2v) is 3.45. The van der Waals surface area contributed by atoms with Gasteiger partial charge in [-0.3, -0.25) is 4.90 Å². The minimum absolute atomic E-state index is 0.320. The fourth-order valence-electron chi connectivity index (χ4n) is 1.53. The van der Waals surface area contributed by atoms with E-state index in [0.29, 0.717) is 25.7 Å². The zero-order chi connectivity index (χ0) is 11.5. The molecule has 0 radical (unpaired) electrons. The van der Waals surface area contributed by atoms with Crippen LogP contribution in [0, 0.1) is 11.3 Å². The number of methoxy groups -OCH3 is 2. The van der Waals surface area contributed by atoms with Gasteiger partial charge in [0, 0.05) is 33.4 Å². The van der Waals surface area contributed by atoms with Gasteiger partial charge in [0.2, 0.25) is 0 Å². The van der Waals surface area contributed by atoms with E-state index in [1.807, 2.05) is 0 Å². The minimum Gasteiger partial charge on any atom is -0.383 e. The molecule has 0 saturated heterocycles. The van der Waals surface area contributed by atoms with E-state index in [0.717, 1.165) is 19.5 Å². The van der Waals surface area contributed by atoms with Gasteiger partial charge in [0.25, 0.3) is 0 Å². The van der Waals surface area contributed by atoms with Crippen LogP contribution in [0.2, 0.25) is 0 Å². The molecule has 1 atom stereocenters. The van der Waals surface area contributed by atoms with Crippen molar-refractivity contribution in [2.24, 2.45) is 0 Å². The number of hydrogen-bond acceptors (Lipinski definition) is 4. The van der Waals surface area contributed by atoms with Gasteiger partial charge in [-0.25, -0.2) is 0 Å². The van der Waals surface area contributed by atoms with Gasteiger partial charge in [0.15, 0.2) is 0 Å². The molecule has 0 aliphatic heterocycles. The van der Waals surface area contributed by atoms with Crippen LogP contribution < -0.4 is 0 Å². The van der Waals surface area contributed by atoms with Crippen molar-refractivity contribution in [2.45, 2.75) is 25.8 Å². The van der Waals surface area contributed by atoms with Crippen molar-refractivity contribution >= 4 is 0 Å². The van der Waals surface area contributed by atoms with E-state index < -0.39 is 0 Å². The molecule has 0 fully saturated rings. The smallest absolute Gasteiger partial charge is 0.0638 e. The highest BCUT2D eigenvalue weighted by molar-refractivity contribution is 4.82. The minimum atomic E-state index is 0.320. The average Bonchev–Trinajstić information content (AvgIpc) is 2.27. The van der Waals surface area contributed by atoms with E-state index in [9.17, 15) is 0 Å². The molecule has 0 N–H and O–H groups in total. The molecular formula is C11H22N2O2. The third-order valence-corrected chi connectivity index (χ3v) is 2.48. The summed E-state index contributed by atoms with van der Waals surface area (Å²) in [5.74, 6) is 0. The van der Waals surface area contributed by atoms with Gasteiger partial charge in [0.1, 0.15) is 0 Å². The highest BCUT2D eigenvalue weighted by Gasteiger charge is 2.15. The first-order valence-corrected chi connectivity index (χ1v) is 5.39. The lowest BCUT2D eigenvalue weighted by Gasteiger charge is -2.28. The van der Waals surface area contributed by atoms with Crippen LogP contribution >= 0.6 is 0 Å². The lowest BCUT2D eigenvalue weighted by molar-refractivity contribution is 0.0868. The van der Waals surface area contributed by atoms with Gasteiger partial charge in [-0.2, -0.15) is 5.26 Å². The molecule has 0 spiro atoms. The molecule has 0 aromatic heterocycles. The Morgan fingerprint density at radius 2 is 1.73 bits per heavy atom. The maximum atomic E-state index is 8.73. The molecule has 0 aliphatic rings. The van der Waals surface area contributed by atoms with E-state index >= 15 is 0 Å². The quantitative estimate of drug-likeness (QED) is 0.580. The van der Waals surface area contributed by atoms with E-state index in [1.54, 1.807) is 14.2 Å². The van der Waals surface area contributed by atoms with E-state index in [1.165, 1.54) is 0 Å². The van der Waals surface area contributed by atoms with Crippen molar-refractivity contribution in [1.82, 2.24) is 4.90 Å². The number of nitrogens with zero attached hydrogens (tertiary/aromatic N) is 2. The Hall–Kier alpha value is -0.630. The topological polar surface area (TPSA) is 45.5 Å². The fourth-order valence-corrected chi connectivity index (χ4v) is 1.53. The van der Waals surface area contributed by atoms with E-state index in [-0.39, 0.29) is 0 Å². The van der Waals surface area contributed by atoms with E-state index in [4.69, 9.17) is 14.7 Å². The van der Waals surface area contributed by atoms with Crippen molar-refractivity contribution < 1.29 is 9.47 Å². The summed E-state index contributed by atoms with van der Waals surface area (Å²) < 4.78 is 10.1. The summed E-state index contributed by atoms with van der Waals surface area (Å²) in [6.45, 7) is 5.23. The molecule has 0 saturated carbocycles. The van der Waals surface area contributed by atoms with Crippen LogP contribution in [0.15, 0.2) is 0 Å². The second-order valence-electron chi connectivity index (χ2n) is 3.45. The molecule has 0 heterocycles. The monoisotopic (exact) mass is 214 g/mol. The standard InChI is InChI=1S/C11H22N2O2/c1-4-11(5-6-12)13(7-9-14-2)8-10-15-3/h11H,4-5,7-10H2,1-3H3. The van der Waals surface area contributed by atoms with Crippen molar-refractivity contribution in [3.8, 4) is 6.07 Å². The normalized spacial score (nSPS) is 12.7. The molecule has 4 heteroatoms. The van der Waals surface area contributed by atoms with Crippen LogP contribution in [0.1, 0.15) is 19.8 Å². The summed E-state index contributed by atoms with van der Waals surface area (Å²) in [4.78, 5) is 2.26. The summed E-state index contributed by atoms with van der Waals surface area (Å²) in [6, 6.07) is 2.55. The molecule has 0 amide bonds. The van der Waals surface area contributed by atoms with E-state index in [2.05, 4.69) is 17.9 Å². The molecule has 0 aromatic rings. The van der Waals surface area contributed by atoms with Gasteiger partial charge in [-0.15, -0.1) is 0 Å². The Kier molecular flexibility index (Phi) is 9.49. The molecule has 88 valence electrons. The zero-order valence-electron chi connectivity index (χ0n) is 10.0. The van der Waals surface area contributed by atoms with Crippen LogP contribution in [-0.4, -0.2) is 51.5 Å². The molecule has 4 nitrogen and oxygen atoms in total. The maximum absolute atomic E-state index is 8.73. The second kappa shape index (κ2) is 9.91. The van der Waals surface area contributed by atoms with Crippen LogP contribution in [0.25, 0.3) is 0 Å². The zero-order valence-corrected chi connectivity index (χ0v) is 10.0. The predicted octanol–water partition coefficient (Wildman–Crippen LogP) is 1.27. The van der Waals surface area contributed by atoms with Gasteiger partial charge in [0.05, 0.1) is 25.7 Å². The Morgan fingerprint density at radius 3 is 2.07 bits per heavy atom. The van der Waals surface area contributed by atoms with Crippen molar-refractivity contribution in [1.29, 1.82) is 5.26 Å². The molecule has 15 heavy (non-hydrogen) atoms. The number of hydrogen-bond donors (Lipinski definition) is 0. The molecule has 1 unspecified atom stereocenters. The number of ether oxygens (including phenoxy) is 2. The average molecular weight is 214 g/mol. The summed E-state index contributed by atoms with van der Waals surface area (Å²) in [7, 11) is 3.39. The molecule has 0 aromatic carbocycles. The van der Waals surface area contributed by atoms with Gasteiger partial charge < -0.3 is 9.47 Å². The molecular weight excluding hydrogens is 192 g/mol. The van der Waals surface area contributed by atoms with Gasteiger partial charge in [-0.1, -0.05) is 6.92 Å². The first-order valence-electron chi connectivity index (χ1n) is 5.39. The lowest BCUT2D eigenvalue weighted by atomic mass is 10.1. The Labute approximate surface area is 92.8 Å². The van der Waals surface area contributed by atoms with Gasteiger partial charge >= 0.3 is 0 Å². The Balaban J connectivity index is 4.10. The van der Waals surface area contributed by atoms with Crippen LogP contribution in [-0.2, 0) is 9.47 Å². The highest BCUT2D eigenvalue weighted by atomic mass is 16.5. The summed E-state index contributed by atoms with van der Waals surface area (Å²) in [6.07, 6.45) is 1.56. The summed E-state index contributed by atoms with van der Waals surface area (Å²) >= 11 is 0. The first kappa shape index (κ1) is 14.4. The number of nitriles is 1. The third-order valence-electron chi connectivity index (χ3n) is 2.48. The van der Waals surface area contributed by atoms with Crippen LogP contribution in [0.5, 0.6) is 0 Å². The Morgan fingerprint density at radius 1 is 1.20 bits per heavy atom. The molecule has 0 bridgehead atoms.